The van der Waals surface area contributed by atoms with Gasteiger partial charge in [-0.2, -0.15) is 0 Å². The van der Waals surface area contributed by atoms with E-state index in [2.05, 4.69) is 20.5 Å². The van der Waals surface area contributed by atoms with Crippen molar-refractivity contribution >= 4 is 11.6 Å². The molecule has 0 bridgehead atoms. The smallest absolute Gasteiger partial charge is 0.247 e. The summed E-state index contributed by atoms with van der Waals surface area (Å²) in [6.07, 6.45) is 1.76. The Balaban J connectivity index is 1.76. The minimum Gasteiger partial charge on any atom is -0.419 e. The summed E-state index contributed by atoms with van der Waals surface area (Å²) in [5, 5.41) is 16.6. The van der Waals surface area contributed by atoms with Gasteiger partial charge in [0.15, 0.2) is 0 Å². The van der Waals surface area contributed by atoms with E-state index in [-0.39, 0.29) is 6.04 Å². The molecule has 3 rings (SSSR count). The monoisotopic (exact) mass is 304 g/mol. The van der Waals surface area contributed by atoms with Crippen LogP contribution in [-0.4, -0.2) is 25.2 Å². The normalized spacial score (nSPS) is 12.5. The maximum atomic E-state index is 5.84. The number of benzene rings is 1. The summed E-state index contributed by atoms with van der Waals surface area (Å²) < 4.78 is 7.21. The maximum Gasteiger partial charge on any atom is 0.247 e. The van der Waals surface area contributed by atoms with Gasteiger partial charge in [0.2, 0.25) is 11.8 Å². The van der Waals surface area contributed by atoms with Gasteiger partial charge < -0.3 is 10.2 Å². The van der Waals surface area contributed by atoms with Crippen LogP contribution < -0.4 is 5.73 Å². The lowest BCUT2D eigenvalue weighted by atomic mass is 10.2. The summed E-state index contributed by atoms with van der Waals surface area (Å²) in [5.74, 6) is 0.885. The number of hydrogen-bond donors (Lipinski definition) is 1. The summed E-state index contributed by atoms with van der Waals surface area (Å²) in [4.78, 5) is 0. The molecule has 2 N–H and O–H groups in total. The zero-order chi connectivity index (χ0) is 14.8. The Bertz CT molecular complexity index is 733. The van der Waals surface area contributed by atoms with Gasteiger partial charge in [-0.15, -0.1) is 15.3 Å². The number of nitrogens with zero attached hydrogens (tertiary/aromatic N) is 5. The molecule has 3 aromatic rings. The fourth-order valence-electron chi connectivity index (χ4n) is 1.76. The molecule has 0 aliphatic carbocycles. The van der Waals surface area contributed by atoms with Crippen molar-refractivity contribution < 1.29 is 4.42 Å². The van der Waals surface area contributed by atoms with Crippen LogP contribution in [0.4, 0.5) is 0 Å². The molecule has 2 heterocycles. The summed E-state index contributed by atoms with van der Waals surface area (Å²) in [6, 6.07) is 7.03. The molecule has 0 aliphatic rings. The minimum atomic E-state index is -0.161. The van der Waals surface area contributed by atoms with Crippen molar-refractivity contribution in [2.24, 2.45) is 5.73 Å². The Hall–Kier alpha value is -2.25. The molecule has 0 spiro atoms. The second-order valence-electron chi connectivity index (χ2n) is 4.64. The highest BCUT2D eigenvalue weighted by molar-refractivity contribution is 6.30. The van der Waals surface area contributed by atoms with Gasteiger partial charge in [-0.1, -0.05) is 16.8 Å². The predicted octanol–water partition coefficient (Wildman–Crippen LogP) is 2.05. The Morgan fingerprint density at radius 2 is 2.00 bits per heavy atom. The quantitative estimate of drug-likeness (QED) is 0.792. The zero-order valence-electron chi connectivity index (χ0n) is 11.3. The van der Waals surface area contributed by atoms with Crippen LogP contribution in [0.25, 0.3) is 11.5 Å². The third-order valence-electron chi connectivity index (χ3n) is 2.88. The van der Waals surface area contributed by atoms with Crippen LogP contribution in [0.3, 0.4) is 0 Å². The van der Waals surface area contributed by atoms with E-state index in [0.29, 0.717) is 29.0 Å². The van der Waals surface area contributed by atoms with Gasteiger partial charge in [0.25, 0.3) is 0 Å². The molecule has 108 valence electrons. The van der Waals surface area contributed by atoms with Gasteiger partial charge in [-0.25, -0.2) is 4.68 Å². The van der Waals surface area contributed by atoms with Crippen molar-refractivity contribution in [2.45, 2.75) is 19.5 Å². The highest BCUT2D eigenvalue weighted by Gasteiger charge is 2.11. The van der Waals surface area contributed by atoms with Crippen molar-refractivity contribution in [2.75, 3.05) is 0 Å². The standard InChI is InChI=1S/C13H13ClN6O/c1-8(15)11-6-20(19-16-11)7-12-17-18-13(21-12)9-2-4-10(14)5-3-9/h2-6,8H,7,15H2,1H3. The average molecular weight is 305 g/mol. The maximum absolute atomic E-state index is 5.84. The summed E-state index contributed by atoms with van der Waals surface area (Å²) in [5.41, 5.74) is 7.26. The summed E-state index contributed by atoms with van der Waals surface area (Å²) in [6.45, 7) is 2.19. The van der Waals surface area contributed by atoms with Crippen molar-refractivity contribution in [3.8, 4) is 11.5 Å². The largest absolute Gasteiger partial charge is 0.419 e. The van der Waals surface area contributed by atoms with Gasteiger partial charge in [-0.3, -0.25) is 0 Å². The second-order valence-corrected chi connectivity index (χ2v) is 5.07. The van der Waals surface area contributed by atoms with E-state index in [1.807, 2.05) is 19.1 Å². The lowest BCUT2D eigenvalue weighted by molar-refractivity contribution is 0.469. The SMILES string of the molecule is CC(N)c1cn(Cc2nnc(-c3ccc(Cl)cc3)o2)nn1. The van der Waals surface area contributed by atoms with Crippen molar-refractivity contribution in [3.05, 3.63) is 47.1 Å². The molecule has 1 aromatic carbocycles. The first-order valence-corrected chi connectivity index (χ1v) is 6.73. The van der Waals surface area contributed by atoms with Crippen molar-refractivity contribution in [1.29, 1.82) is 0 Å². The van der Waals surface area contributed by atoms with Gasteiger partial charge in [0.1, 0.15) is 6.54 Å². The number of rotatable bonds is 4. The van der Waals surface area contributed by atoms with Crippen LogP contribution in [-0.2, 0) is 6.54 Å². The lowest BCUT2D eigenvalue weighted by Crippen LogP contribution is -2.05. The Morgan fingerprint density at radius 3 is 2.67 bits per heavy atom. The van der Waals surface area contributed by atoms with Gasteiger partial charge in [-0.05, 0) is 31.2 Å². The van der Waals surface area contributed by atoms with Crippen LogP contribution >= 0.6 is 11.6 Å². The second kappa shape index (κ2) is 5.63. The third-order valence-corrected chi connectivity index (χ3v) is 3.13. The molecule has 1 atom stereocenters. The van der Waals surface area contributed by atoms with Crippen LogP contribution in [0, 0.1) is 0 Å². The van der Waals surface area contributed by atoms with Crippen LogP contribution in [0.1, 0.15) is 24.6 Å². The molecular weight excluding hydrogens is 292 g/mol. The molecule has 7 nitrogen and oxygen atoms in total. The summed E-state index contributed by atoms with van der Waals surface area (Å²) >= 11 is 5.84. The van der Waals surface area contributed by atoms with Gasteiger partial charge in [0, 0.05) is 16.6 Å². The van der Waals surface area contributed by atoms with E-state index in [1.165, 1.54) is 0 Å². The Labute approximate surface area is 125 Å². The van der Waals surface area contributed by atoms with Gasteiger partial charge in [0.05, 0.1) is 11.9 Å². The molecule has 21 heavy (non-hydrogen) atoms. The molecule has 0 saturated carbocycles. The van der Waals surface area contributed by atoms with Crippen LogP contribution in [0.15, 0.2) is 34.9 Å². The summed E-state index contributed by atoms with van der Waals surface area (Å²) in [7, 11) is 0. The van der Waals surface area contributed by atoms with Crippen molar-refractivity contribution in [1.82, 2.24) is 25.2 Å². The average Bonchev–Trinajstić information content (AvgIpc) is 3.10. The first-order valence-electron chi connectivity index (χ1n) is 6.36. The zero-order valence-corrected chi connectivity index (χ0v) is 12.0. The molecule has 0 amide bonds. The number of nitrogens with two attached hydrogens (primary N) is 1. The van der Waals surface area contributed by atoms with Crippen molar-refractivity contribution in [3.63, 3.8) is 0 Å². The van der Waals surface area contributed by atoms with E-state index >= 15 is 0 Å². The first-order chi connectivity index (χ1) is 10.1. The molecule has 0 aliphatic heterocycles. The molecule has 1 unspecified atom stereocenters. The predicted molar refractivity (Wildman–Crippen MR) is 76.5 cm³/mol. The molecule has 0 saturated heterocycles. The fraction of sp³-hybridized carbons (Fsp3) is 0.231. The molecule has 0 radical (unpaired) electrons. The van der Waals surface area contributed by atoms with E-state index in [9.17, 15) is 0 Å². The van der Waals surface area contributed by atoms with E-state index in [0.717, 1.165) is 5.56 Å². The lowest BCUT2D eigenvalue weighted by Gasteiger charge is -1.96. The van der Waals surface area contributed by atoms with Crippen LogP contribution in [0.2, 0.25) is 5.02 Å². The fourth-order valence-corrected chi connectivity index (χ4v) is 1.89. The Kier molecular flexibility index (Phi) is 3.68. The number of aromatic nitrogens is 5. The molecule has 0 fully saturated rings. The van der Waals surface area contributed by atoms with Gasteiger partial charge >= 0.3 is 0 Å². The number of hydrogen-bond acceptors (Lipinski definition) is 6. The minimum absolute atomic E-state index is 0.161. The molecular formula is C13H13ClN6O. The third kappa shape index (κ3) is 3.09. The highest BCUT2D eigenvalue weighted by atomic mass is 35.5. The van der Waals surface area contributed by atoms with Crippen LogP contribution in [0.5, 0.6) is 0 Å². The van der Waals surface area contributed by atoms with E-state index < -0.39 is 0 Å². The number of halogens is 1. The van der Waals surface area contributed by atoms with E-state index in [1.54, 1.807) is 23.0 Å². The topological polar surface area (TPSA) is 95.7 Å². The molecule has 8 heteroatoms. The molecule has 2 aromatic heterocycles. The van der Waals surface area contributed by atoms with E-state index in [4.69, 9.17) is 21.8 Å². The first kappa shape index (κ1) is 13.7. The Morgan fingerprint density at radius 1 is 1.24 bits per heavy atom. The highest BCUT2D eigenvalue weighted by Crippen LogP contribution is 2.20.